The lowest BCUT2D eigenvalue weighted by molar-refractivity contribution is 0.452. The third-order valence-corrected chi connectivity index (χ3v) is 2.41. The van der Waals surface area contributed by atoms with E-state index < -0.39 is 32.2 Å². The van der Waals surface area contributed by atoms with Crippen LogP contribution in [0.25, 0.3) is 0 Å². The van der Waals surface area contributed by atoms with E-state index in [1.54, 1.807) is 0 Å². The molecule has 72 valence electrons. The van der Waals surface area contributed by atoms with Gasteiger partial charge in [-0.05, 0) is 19.1 Å². The van der Waals surface area contributed by atoms with Crippen LogP contribution in [0.4, 0.5) is 8.78 Å². The molecule has 0 aromatic heterocycles. The Balaban J connectivity index is 3.53. The zero-order valence-corrected chi connectivity index (χ0v) is 7.36. The first-order valence-electron chi connectivity index (χ1n) is 3.24. The Kier molecular flexibility index (Phi) is 2.36. The Morgan fingerprint density at radius 1 is 1.31 bits per heavy atom. The third kappa shape index (κ3) is 1.84. The van der Waals surface area contributed by atoms with Crippen LogP contribution in [0.3, 0.4) is 0 Å². The molecule has 0 aliphatic carbocycles. The molecular formula is C7H5F2O3S-. The van der Waals surface area contributed by atoms with E-state index in [-0.39, 0.29) is 0 Å². The van der Waals surface area contributed by atoms with Gasteiger partial charge in [-0.1, -0.05) is 0 Å². The second kappa shape index (κ2) is 3.04. The Bertz CT molecular complexity index is 439. The van der Waals surface area contributed by atoms with Gasteiger partial charge in [-0.15, -0.1) is 0 Å². The van der Waals surface area contributed by atoms with Gasteiger partial charge in [-0.2, -0.15) is 0 Å². The van der Waals surface area contributed by atoms with Gasteiger partial charge < -0.3 is 4.55 Å². The van der Waals surface area contributed by atoms with Crippen LogP contribution in [-0.4, -0.2) is 13.0 Å². The lowest BCUT2D eigenvalue weighted by Crippen LogP contribution is -2.04. The molecule has 0 saturated carbocycles. The highest BCUT2D eigenvalue weighted by molar-refractivity contribution is 7.85. The Morgan fingerprint density at radius 3 is 2.31 bits per heavy atom. The molecule has 0 unspecified atom stereocenters. The lowest BCUT2D eigenvalue weighted by Gasteiger charge is -2.09. The van der Waals surface area contributed by atoms with Gasteiger partial charge in [0, 0.05) is 5.56 Å². The summed E-state index contributed by atoms with van der Waals surface area (Å²) in [7, 11) is -4.86. The molecule has 13 heavy (non-hydrogen) atoms. The highest BCUT2D eigenvalue weighted by Crippen LogP contribution is 2.19. The predicted octanol–water partition coefficient (Wildman–Crippen LogP) is 1.18. The van der Waals surface area contributed by atoms with Crippen LogP contribution in [0.5, 0.6) is 0 Å². The third-order valence-electron chi connectivity index (χ3n) is 1.55. The standard InChI is InChI=1S/C7H6F2O3S/c1-4-5(8)2-3-6(7(4)9)13(10,11)12/h2-3H,1H3,(H,10,11,12)/p-1. The summed E-state index contributed by atoms with van der Waals surface area (Å²) in [6, 6.07) is 1.35. The zero-order valence-electron chi connectivity index (χ0n) is 6.54. The molecule has 0 fully saturated rings. The van der Waals surface area contributed by atoms with Crippen molar-refractivity contribution in [2.24, 2.45) is 0 Å². The first kappa shape index (κ1) is 10.1. The fourth-order valence-corrected chi connectivity index (χ4v) is 1.44. The molecule has 6 heteroatoms. The monoisotopic (exact) mass is 207 g/mol. The van der Waals surface area contributed by atoms with Crippen molar-refractivity contribution in [2.75, 3.05) is 0 Å². The van der Waals surface area contributed by atoms with Crippen molar-refractivity contribution in [3.8, 4) is 0 Å². The van der Waals surface area contributed by atoms with Crippen molar-refractivity contribution in [2.45, 2.75) is 11.8 Å². The van der Waals surface area contributed by atoms with E-state index in [0.29, 0.717) is 6.07 Å². The van der Waals surface area contributed by atoms with Gasteiger partial charge in [-0.25, -0.2) is 17.2 Å². The van der Waals surface area contributed by atoms with Crippen molar-refractivity contribution in [1.82, 2.24) is 0 Å². The maximum atomic E-state index is 12.9. The summed E-state index contributed by atoms with van der Waals surface area (Å²) in [5.41, 5.74) is -0.475. The van der Waals surface area contributed by atoms with E-state index in [4.69, 9.17) is 0 Å². The molecule has 0 aliphatic heterocycles. The van der Waals surface area contributed by atoms with Crippen molar-refractivity contribution >= 4 is 10.1 Å². The Hall–Kier alpha value is -1.01. The van der Waals surface area contributed by atoms with E-state index in [0.717, 1.165) is 13.0 Å². The number of hydrogen-bond acceptors (Lipinski definition) is 3. The Labute approximate surface area is 73.8 Å². The topological polar surface area (TPSA) is 57.2 Å². The van der Waals surface area contributed by atoms with Crippen LogP contribution in [0.15, 0.2) is 17.0 Å². The molecule has 0 aliphatic rings. The molecule has 0 radical (unpaired) electrons. The smallest absolute Gasteiger partial charge is 0.146 e. The summed E-state index contributed by atoms with van der Waals surface area (Å²) in [6.07, 6.45) is 0. The van der Waals surface area contributed by atoms with E-state index in [9.17, 15) is 21.8 Å². The maximum absolute atomic E-state index is 12.9. The molecule has 0 heterocycles. The minimum absolute atomic E-state index is 0.475. The SMILES string of the molecule is Cc1c(F)ccc(S(=O)(=O)[O-])c1F. The average molecular weight is 207 g/mol. The summed E-state index contributed by atoms with van der Waals surface area (Å²) in [6.45, 7) is 1.05. The number of halogens is 2. The summed E-state index contributed by atoms with van der Waals surface area (Å²) in [4.78, 5) is -1.02. The fourth-order valence-electron chi connectivity index (χ4n) is 0.830. The summed E-state index contributed by atoms with van der Waals surface area (Å²) < 4.78 is 56.7. The Morgan fingerprint density at radius 2 is 1.85 bits per heavy atom. The second-order valence-electron chi connectivity index (χ2n) is 2.44. The maximum Gasteiger partial charge on any atom is 0.146 e. The quantitative estimate of drug-likeness (QED) is 0.649. The average Bonchev–Trinajstić information content (AvgIpc) is 1.98. The molecule has 0 atom stereocenters. The van der Waals surface area contributed by atoms with Crippen molar-refractivity contribution < 1.29 is 21.8 Å². The molecule has 1 aromatic carbocycles. The van der Waals surface area contributed by atoms with Gasteiger partial charge in [0.15, 0.2) is 0 Å². The van der Waals surface area contributed by atoms with Crippen molar-refractivity contribution in [3.05, 3.63) is 29.3 Å². The predicted molar refractivity (Wildman–Crippen MR) is 39.1 cm³/mol. The fraction of sp³-hybridized carbons (Fsp3) is 0.143. The molecule has 0 N–H and O–H groups in total. The molecule has 0 bridgehead atoms. The van der Waals surface area contributed by atoms with E-state index >= 15 is 0 Å². The largest absolute Gasteiger partial charge is 0.744 e. The zero-order chi connectivity index (χ0) is 10.2. The second-order valence-corrected chi connectivity index (χ2v) is 3.79. The normalized spacial score (nSPS) is 11.7. The number of rotatable bonds is 1. The first-order valence-corrected chi connectivity index (χ1v) is 4.65. The van der Waals surface area contributed by atoms with Gasteiger partial charge in [0.05, 0.1) is 4.90 Å². The van der Waals surface area contributed by atoms with E-state index in [2.05, 4.69) is 0 Å². The summed E-state index contributed by atoms with van der Waals surface area (Å²) in [5.74, 6) is -2.21. The molecule has 0 saturated heterocycles. The minimum Gasteiger partial charge on any atom is -0.744 e. The molecule has 3 nitrogen and oxygen atoms in total. The molecule has 0 spiro atoms. The highest BCUT2D eigenvalue weighted by Gasteiger charge is 2.13. The summed E-state index contributed by atoms with van der Waals surface area (Å²) in [5, 5.41) is 0. The first-order chi connectivity index (χ1) is 5.84. The number of benzene rings is 1. The van der Waals surface area contributed by atoms with E-state index in [1.807, 2.05) is 0 Å². The van der Waals surface area contributed by atoms with Crippen LogP contribution in [0.2, 0.25) is 0 Å². The summed E-state index contributed by atoms with van der Waals surface area (Å²) >= 11 is 0. The number of hydrogen-bond donors (Lipinski definition) is 0. The van der Waals surface area contributed by atoms with Gasteiger partial charge in [0.2, 0.25) is 0 Å². The van der Waals surface area contributed by atoms with E-state index in [1.165, 1.54) is 0 Å². The van der Waals surface area contributed by atoms with Crippen LogP contribution < -0.4 is 0 Å². The minimum atomic E-state index is -4.86. The van der Waals surface area contributed by atoms with Crippen molar-refractivity contribution in [3.63, 3.8) is 0 Å². The van der Waals surface area contributed by atoms with Crippen LogP contribution in [-0.2, 0) is 10.1 Å². The molecule has 1 aromatic rings. The van der Waals surface area contributed by atoms with Crippen molar-refractivity contribution in [1.29, 1.82) is 0 Å². The highest BCUT2D eigenvalue weighted by atomic mass is 32.2. The van der Waals surface area contributed by atoms with Gasteiger partial charge in [-0.3, -0.25) is 0 Å². The molecule has 0 amide bonds. The lowest BCUT2D eigenvalue weighted by atomic mass is 10.2. The van der Waals surface area contributed by atoms with Gasteiger partial charge in [0.25, 0.3) is 0 Å². The van der Waals surface area contributed by atoms with Gasteiger partial charge >= 0.3 is 0 Å². The van der Waals surface area contributed by atoms with Crippen LogP contribution in [0, 0.1) is 18.6 Å². The molecule has 1 rings (SSSR count). The van der Waals surface area contributed by atoms with Crippen LogP contribution in [0.1, 0.15) is 5.56 Å². The molecular weight excluding hydrogens is 202 g/mol. The van der Waals surface area contributed by atoms with Gasteiger partial charge in [0.1, 0.15) is 21.8 Å². The van der Waals surface area contributed by atoms with Crippen LogP contribution >= 0.6 is 0 Å².